The molecular formula is C7H8BrNOS. The first-order valence-corrected chi connectivity index (χ1v) is 4.62. The minimum atomic E-state index is 0.840. The first kappa shape index (κ1) is 8.90. The molecule has 0 bridgehead atoms. The zero-order chi connectivity index (χ0) is 8.10. The average molecular weight is 234 g/mol. The molecule has 11 heavy (non-hydrogen) atoms. The molecule has 0 aliphatic rings. The van der Waals surface area contributed by atoms with Gasteiger partial charge in [-0.1, -0.05) is 15.9 Å². The molecule has 0 unspecified atom stereocenters. The highest BCUT2D eigenvalue weighted by atomic mass is 79.9. The molecule has 0 saturated heterocycles. The molecule has 0 atom stereocenters. The number of hydrogen-bond donors (Lipinski definition) is 1. The van der Waals surface area contributed by atoms with Crippen LogP contribution >= 0.6 is 28.2 Å². The van der Waals surface area contributed by atoms with Crippen molar-refractivity contribution >= 4 is 28.2 Å². The topological polar surface area (TPSA) is 21.3 Å². The molecule has 1 N–H and O–H groups in total. The summed E-state index contributed by atoms with van der Waals surface area (Å²) in [5.41, 5.74) is 0. The van der Waals surface area contributed by atoms with Crippen LogP contribution in [0.1, 0.15) is 0 Å². The number of rotatable bonds is 3. The molecule has 0 aliphatic carbocycles. The largest absolute Gasteiger partial charge is 0.410 e. The molecule has 2 nitrogen and oxygen atoms in total. The maximum absolute atomic E-state index is 5.19. The summed E-state index contributed by atoms with van der Waals surface area (Å²) in [6.45, 7) is 0. The van der Waals surface area contributed by atoms with Crippen LogP contribution in [0.3, 0.4) is 0 Å². The van der Waals surface area contributed by atoms with Gasteiger partial charge in [0, 0.05) is 4.47 Å². The Morgan fingerprint density at radius 2 is 2.00 bits per heavy atom. The van der Waals surface area contributed by atoms with Crippen molar-refractivity contribution in [2.75, 3.05) is 7.05 Å². The van der Waals surface area contributed by atoms with Gasteiger partial charge in [0.1, 0.15) is 18.0 Å². The second-order valence-corrected chi connectivity index (χ2v) is 3.48. The second-order valence-electron chi connectivity index (χ2n) is 1.82. The summed E-state index contributed by atoms with van der Waals surface area (Å²) in [6.07, 6.45) is 0. The van der Waals surface area contributed by atoms with E-state index >= 15 is 0 Å². The monoisotopic (exact) mass is 233 g/mol. The smallest absolute Gasteiger partial charge is 0.143 e. The van der Waals surface area contributed by atoms with Gasteiger partial charge in [0.05, 0.1) is 0 Å². The Hall–Kier alpha value is -0.190. The summed E-state index contributed by atoms with van der Waals surface area (Å²) in [5, 5.41) is 0. The van der Waals surface area contributed by atoms with Crippen molar-refractivity contribution in [1.29, 1.82) is 0 Å². The molecule has 0 aromatic heterocycles. The molecule has 0 fully saturated rings. The Balaban J connectivity index is 2.52. The van der Waals surface area contributed by atoms with Crippen molar-refractivity contribution < 1.29 is 4.18 Å². The Morgan fingerprint density at radius 3 is 2.55 bits per heavy atom. The Bertz CT molecular complexity index is 214. The molecule has 0 saturated carbocycles. The quantitative estimate of drug-likeness (QED) is 0.641. The summed E-state index contributed by atoms with van der Waals surface area (Å²) < 4.78 is 9.06. The van der Waals surface area contributed by atoms with E-state index in [4.69, 9.17) is 4.18 Å². The molecule has 1 rings (SSSR count). The molecule has 60 valence electrons. The molecule has 4 heteroatoms. The summed E-state index contributed by atoms with van der Waals surface area (Å²) in [7, 11) is 1.81. The number of hydrogen-bond acceptors (Lipinski definition) is 3. The first-order chi connectivity index (χ1) is 5.33. The fourth-order valence-electron chi connectivity index (χ4n) is 0.580. The molecule has 0 radical (unpaired) electrons. The summed E-state index contributed by atoms with van der Waals surface area (Å²) in [5.74, 6) is 0.840. The Labute approximate surface area is 78.8 Å². The molecule has 1 aromatic carbocycles. The van der Waals surface area contributed by atoms with Crippen molar-refractivity contribution in [2.24, 2.45) is 0 Å². The molecule has 0 aliphatic heterocycles. The van der Waals surface area contributed by atoms with Crippen molar-refractivity contribution in [3.8, 4) is 5.75 Å². The van der Waals surface area contributed by atoms with Crippen molar-refractivity contribution in [3.63, 3.8) is 0 Å². The predicted octanol–water partition coefficient (Wildman–Crippen LogP) is 2.61. The van der Waals surface area contributed by atoms with E-state index in [0.29, 0.717) is 0 Å². The lowest BCUT2D eigenvalue weighted by molar-refractivity contribution is 0.640. The van der Waals surface area contributed by atoms with E-state index in [-0.39, 0.29) is 0 Å². The number of benzene rings is 1. The van der Waals surface area contributed by atoms with Crippen LogP contribution in [0.5, 0.6) is 5.75 Å². The van der Waals surface area contributed by atoms with E-state index in [1.165, 1.54) is 12.2 Å². The SMILES string of the molecule is CNSOc1ccc(Br)cc1. The van der Waals surface area contributed by atoms with Gasteiger partial charge in [-0.3, -0.25) is 0 Å². The van der Waals surface area contributed by atoms with Gasteiger partial charge in [-0.2, -0.15) is 0 Å². The normalized spacial score (nSPS) is 9.64. The van der Waals surface area contributed by atoms with Crippen LogP contribution in [0.2, 0.25) is 0 Å². The van der Waals surface area contributed by atoms with E-state index in [9.17, 15) is 0 Å². The maximum Gasteiger partial charge on any atom is 0.143 e. The van der Waals surface area contributed by atoms with Crippen LogP contribution in [-0.2, 0) is 0 Å². The Kier molecular flexibility index (Phi) is 3.76. The fraction of sp³-hybridized carbons (Fsp3) is 0.143. The van der Waals surface area contributed by atoms with Gasteiger partial charge in [-0.05, 0) is 31.3 Å². The highest BCUT2D eigenvalue weighted by Crippen LogP contribution is 2.18. The summed E-state index contributed by atoms with van der Waals surface area (Å²) >= 11 is 4.54. The van der Waals surface area contributed by atoms with E-state index in [0.717, 1.165) is 10.2 Å². The summed E-state index contributed by atoms with van der Waals surface area (Å²) in [6, 6.07) is 7.67. The highest BCUT2D eigenvalue weighted by molar-refractivity contribution is 9.10. The molecule has 1 aromatic rings. The zero-order valence-corrected chi connectivity index (χ0v) is 8.41. The lowest BCUT2D eigenvalue weighted by atomic mass is 10.3. The van der Waals surface area contributed by atoms with Crippen LogP contribution in [-0.4, -0.2) is 7.05 Å². The predicted molar refractivity (Wildman–Crippen MR) is 51.4 cm³/mol. The third kappa shape index (κ3) is 3.14. The molecule has 0 spiro atoms. The Morgan fingerprint density at radius 1 is 1.36 bits per heavy atom. The van der Waals surface area contributed by atoms with Crippen molar-refractivity contribution in [3.05, 3.63) is 28.7 Å². The van der Waals surface area contributed by atoms with E-state index in [1.807, 2.05) is 31.3 Å². The number of nitrogens with one attached hydrogen (secondary N) is 1. The van der Waals surface area contributed by atoms with E-state index < -0.39 is 0 Å². The first-order valence-electron chi connectivity index (χ1n) is 3.09. The minimum Gasteiger partial charge on any atom is -0.410 e. The van der Waals surface area contributed by atoms with Gasteiger partial charge < -0.3 is 4.18 Å². The van der Waals surface area contributed by atoms with Crippen LogP contribution < -0.4 is 8.91 Å². The second kappa shape index (κ2) is 4.64. The van der Waals surface area contributed by atoms with Crippen LogP contribution in [0.25, 0.3) is 0 Å². The van der Waals surface area contributed by atoms with E-state index in [2.05, 4.69) is 20.7 Å². The fourth-order valence-corrected chi connectivity index (χ4v) is 1.13. The van der Waals surface area contributed by atoms with Crippen LogP contribution in [0, 0.1) is 0 Å². The third-order valence-electron chi connectivity index (χ3n) is 1.03. The average Bonchev–Trinajstić information content (AvgIpc) is 2.04. The minimum absolute atomic E-state index is 0.840. The van der Waals surface area contributed by atoms with Gasteiger partial charge in [0.25, 0.3) is 0 Å². The standard InChI is InChI=1S/C7H8BrNOS/c1-9-11-10-7-4-2-6(8)3-5-7/h2-5,9H,1H3. The zero-order valence-electron chi connectivity index (χ0n) is 6.00. The van der Waals surface area contributed by atoms with Crippen LogP contribution in [0.4, 0.5) is 0 Å². The van der Waals surface area contributed by atoms with Gasteiger partial charge in [-0.25, -0.2) is 4.72 Å². The van der Waals surface area contributed by atoms with Gasteiger partial charge in [-0.15, -0.1) is 0 Å². The summed E-state index contributed by atoms with van der Waals surface area (Å²) in [4.78, 5) is 0. The lowest BCUT2D eigenvalue weighted by Gasteiger charge is -2.00. The molecule has 0 heterocycles. The molecule has 0 amide bonds. The van der Waals surface area contributed by atoms with Crippen LogP contribution in [0.15, 0.2) is 28.7 Å². The molecular weight excluding hydrogens is 226 g/mol. The number of halogens is 1. The van der Waals surface area contributed by atoms with Crippen molar-refractivity contribution in [2.45, 2.75) is 0 Å². The van der Waals surface area contributed by atoms with E-state index in [1.54, 1.807) is 0 Å². The van der Waals surface area contributed by atoms with Gasteiger partial charge in [0.2, 0.25) is 0 Å². The maximum atomic E-state index is 5.19. The van der Waals surface area contributed by atoms with Crippen molar-refractivity contribution in [1.82, 2.24) is 4.72 Å². The highest BCUT2D eigenvalue weighted by Gasteiger charge is 1.91. The van der Waals surface area contributed by atoms with Gasteiger partial charge in [0.15, 0.2) is 0 Å². The van der Waals surface area contributed by atoms with Gasteiger partial charge >= 0.3 is 0 Å². The third-order valence-corrected chi connectivity index (χ3v) is 2.01. The lowest BCUT2D eigenvalue weighted by Crippen LogP contribution is -1.94.